The highest BCUT2D eigenvalue weighted by Crippen LogP contribution is 2.27. The Labute approximate surface area is 136 Å². The molecule has 0 bridgehead atoms. The number of nitrogens with one attached hydrogen (secondary N) is 1. The van der Waals surface area contributed by atoms with Crippen molar-refractivity contribution >= 4 is 46.1 Å². The molecule has 1 amide bonds. The quantitative estimate of drug-likeness (QED) is 0.709. The van der Waals surface area contributed by atoms with E-state index in [1.807, 2.05) is 31.2 Å². The van der Waals surface area contributed by atoms with Crippen molar-refractivity contribution in [3.05, 3.63) is 53.6 Å². The molecule has 0 saturated carbocycles. The van der Waals surface area contributed by atoms with E-state index in [1.165, 1.54) is 11.8 Å². The lowest BCUT2D eigenvalue weighted by atomic mass is 10.3. The number of thioether (sulfide) groups is 1. The van der Waals surface area contributed by atoms with E-state index in [2.05, 4.69) is 10.3 Å². The molecule has 2 aromatic carbocycles. The molecular weight excluding hydrogens is 320 g/mol. The van der Waals surface area contributed by atoms with Crippen LogP contribution >= 0.6 is 23.4 Å². The number of nitrogens with zero attached hydrogens (tertiary/aromatic N) is 1. The summed E-state index contributed by atoms with van der Waals surface area (Å²) in [5, 5.41) is 3.62. The van der Waals surface area contributed by atoms with Crippen LogP contribution in [0.1, 0.15) is 6.92 Å². The summed E-state index contributed by atoms with van der Waals surface area (Å²) in [6.45, 7) is 1.81. The van der Waals surface area contributed by atoms with E-state index in [4.69, 9.17) is 16.0 Å². The first-order chi connectivity index (χ1) is 10.6. The van der Waals surface area contributed by atoms with Gasteiger partial charge in [-0.2, -0.15) is 0 Å². The summed E-state index contributed by atoms with van der Waals surface area (Å²) < 4.78 is 5.61. The molecule has 0 radical (unpaired) electrons. The molecule has 1 aromatic heterocycles. The van der Waals surface area contributed by atoms with Crippen molar-refractivity contribution in [2.24, 2.45) is 0 Å². The number of amides is 1. The summed E-state index contributed by atoms with van der Waals surface area (Å²) in [7, 11) is 0. The number of benzene rings is 2. The molecule has 1 heterocycles. The maximum atomic E-state index is 12.2. The van der Waals surface area contributed by atoms with Gasteiger partial charge in [0.15, 0.2) is 5.58 Å². The molecule has 0 saturated heterocycles. The first-order valence-corrected chi connectivity index (χ1v) is 7.96. The standard InChI is InChI=1S/C16H13ClN2O2S/c1-10(15(20)18-12-8-6-11(17)7-9-12)22-16-19-13-4-2-3-5-14(13)21-16/h2-10H,1H3,(H,18,20). The van der Waals surface area contributed by atoms with E-state index in [0.717, 1.165) is 11.1 Å². The lowest BCUT2D eigenvalue weighted by Crippen LogP contribution is -2.22. The van der Waals surface area contributed by atoms with Gasteiger partial charge in [0.05, 0.1) is 5.25 Å². The van der Waals surface area contributed by atoms with Gasteiger partial charge in [-0.15, -0.1) is 0 Å². The zero-order valence-corrected chi connectivity index (χ0v) is 13.3. The van der Waals surface area contributed by atoms with E-state index >= 15 is 0 Å². The molecule has 0 fully saturated rings. The topological polar surface area (TPSA) is 55.1 Å². The fourth-order valence-electron chi connectivity index (χ4n) is 1.88. The predicted octanol–water partition coefficient (Wildman–Crippen LogP) is 4.60. The zero-order valence-electron chi connectivity index (χ0n) is 11.7. The van der Waals surface area contributed by atoms with Crippen LogP contribution in [0.25, 0.3) is 11.1 Å². The minimum atomic E-state index is -0.330. The van der Waals surface area contributed by atoms with Crippen LogP contribution in [-0.2, 0) is 4.79 Å². The Hall–Kier alpha value is -1.98. The molecule has 0 spiro atoms. The predicted molar refractivity (Wildman–Crippen MR) is 89.4 cm³/mol. The highest BCUT2D eigenvalue weighted by atomic mass is 35.5. The molecule has 0 aliphatic rings. The molecule has 112 valence electrons. The van der Waals surface area contributed by atoms with Gasteiger partial charge in [-0.05, 0) is 43.3 Å². The molecule has 3 rings (SSSR count). The number of carbonyl (C=O) groups is 1. The number of para-hydroxylation sites is 2. The van der Waals surface area contributed by atoms with Crippen molar-refractivity contribution in [2.45, 2.75) is 17.4 Å². The molecular formula is C16H13ClN2O2S. The molecule has 1 unspecified atom stereocenters. The van der Waals surface area contributed by atoms with Crippen LogP contribution in [0.4, 0.5) is 5.69 Å². The molecule has 0 aliphatic heterocycles. The Morgan fingerprint density at radius 2 is 1.95 bits per heavy atom. The molecule has 1 N–H and O–H groups in total. The number of halogens is 1. The lowest BCUT2D eigenvalue weighted by molar-refractivity contribution is -0.115. The number of rotatable bonds is 4. The summed E-state index contributed by atoms with van der Waals surface area (Å²) in [5.74, 6) is -0.116. The zero-order chi connectivity index (χ0) is 15.5. The first-order valence-electron chi connectivity index (χ1n) is 6.70. The van der Waals surface area contributed by atoms with Crippen molar-refractivity contribution in [1.29, 1.82) is 0 Å². The second kappa shape index (κ2) is 6.42. The van der Waals surface area contributed by atoms with Crippen LogP contribution in [0.3, 0.4) is 0 Å². The van der Waals surface area contributed by atoms with Crippen LogP contribution in [0.15, 0.2) is 58.2 Å². The van der Waals surface area contributed by atoms with Gasteiger partial charge in [0.25, 0.3) is 5.22 Å². The number of oxazole rings is 1. The van der Waals surface area contributed by atoms with Gasteiger partial charge in [0.2, 0.25) is 5.91 Å². The molecule has 3 aromatic rings. The van der Waals surface area contributed by atoms with Gasteiger partial charge in [0.1, 0.15) is 5.52 Å². The normalized spacial score (nSPS) is 12.3. The minimum Gasteiger partial charge on any atom is -0.431 e. The summed E-state index contributed by atoms with van der Waals surface area (Å²) >= 11 is 7.10. The average molecular weight is 333 g/mol. The van der Waals surface area contributed by atoms with Crippen LogP contribution in [-0.4, -0.2) is 16.1 Å². The number of hydrogen-bond donors (Lipinski definition) is 1. The van der Waals surface area contributed by atoms with Crippen molar-refractivity contribution in [3.8, 4) is 0 Å². The molecule has 1 atom stereocenters. The van der Waals surface area contributed by atoms with E-state index in [-0.39, 0.29) is 11.2 Å². The van der Waals surface area contributed by atoms with Gasteiger partial charge in [-0.1, -0.05) is 35.5 Å². The minimum absolute atomic E-state index is 0.116. The Morgan fingerprint density at radius 1 is 1.23 bits per heavy atom. The Bertz CT molecular complexity index is 768. The highest BCUT2D eigenvalue weighted by molar-refractivity contribution is 8.00. The van der Waals surface area contributed by atoms with E-state index < -0.39 is 0 Å². The highest BCUT2D eigenvalue weighted by Gasteiger charge is 2.18. The first kappa shape index (κ1) is 14.9. The Balaban J connectivity index is 1.66. The fourth-order valence-corrected chi connectivity index (χ4v) is 2.77. The van der Waals surface area contributed by atoms with Crippen molar-refractivity contribution in [2.75, 3.05) is 5.32 Å². The van der Waals surface area contributed by atoms with Crippen molar-refractivity contribution in [3.63, 3.8) is 0 Å². The summed E-state index contributed by atoms with van der Waals surface area (Å²) in [6.07, 6.45) is 0. The van der Waals surface area contributed by atoms with Crippen molar-refractivity contribution in [1.82, 2.24) is 4.98 Å². The SMILES string of the molecule is CC(Sc1nc2ccccc2o1)C(=O)Nc1ccc(Cl)cc1. The van der Waals surface area contributed by atoms with Gasteiger partial charge >= 0.3 is 0 Å². The van der Waals surface area contributed by atoms with Gasteiger partial charge < -0.3 is 9.73 Å². The third kappa shape index (κ3) is 3.43. The Kier molecular flexibility index (Phi) is 4.36. The largest absolute Gasteiger partial charge is 0.431 e. The number of carbonyl (C=O) groups excluding carboxylic acids is 1. The maximum absolute atomic E-state index is 12.2. The number of hydrogen-bond acceptors (Lipinski definition) is 4. The number of aromatic nitrogens is 1. The second-order valence-electron chi connectivity index (χ2n) is 4.70. The van der Waals surface area contributed by atoms with Crippen LogP contribution in [0, 0.1) is 0 Å². The Morgan fingerprint density at radius 3 is 2.68 bits per heavy atom. The van der Waals surface area contributed by atoms with Gasteiger partial charge in [0, 0.05) is 10.7 Å². The fraction of sp³-hybridized carbons (Fsp3) is 0.125. The van der Waals surface area contributed by atoms with Gasteiger partial charge in [-0.3, -0.25) is 4.79 Å². The summed E-state index contributed by atoms with van der Waals surface area (Å²) in [5.41, 5.74) is 2.21. The van der Waals surface area contributed by atoms with Crippen LogP contribution < -0.4 is 5.32 Å². The maximum Gasteiger partial charge on any atom is 0.257 e. The molecule has 6 heteroatoms. The van der Waals surface area contributed by atoms with Crippen molar-refractivity contribution < 1.29 is 9.21 Å². The monoisotopic (exact) mass is 332 g/mol. The smallest absolute Gasteiger partial charge is 0.257 e. The molecule has 0 aliphatic carbocycles. The molecule has 4 nitrogen and oxygen atoms in total. The third-order valence-electron chi connectivity index (χ3n) is 3.03. The lowest BCUT2D eigenvalue weighted by Gasteiger charge is -2.09. The van der Waals surface area contributed by atoms with Crippen LogP contribution in [0.2, 0.25) is 5.02 Å². The van der Waals surface area contributed by atoms with Crippen LogP contribution in [0.5, 0.6) is 0 Å². The van der Waals surface area contributed by atoms with E-state index in [9.17, 15) is 4.79 Å². The van der Waals surface area contributed by atoms with Gasteiger partial charge in [-0.25, -0.2) is 4.98 Å². The second-order valence-corrected chi connectivity index (χ2v) is 6.43. The number of fused-ring (bicyclic) bond motifs is 1. The summed E-state index contributed by atoms with van der Waals surface area (Å²) in [4.78, 5) is 16.5. The number of anilines is 1. The van der Waals surface area contributed by atoms with E-state index in [1.54, 1.807) is 24.3 Å². The van der Waals surface area contributed by atoms with E-state index in [0.29, 0.717) is 15.9 Å². The third-order valence-corrected chi connectivity index (χ3v) is 4.23. The summed E-state index contributed by atoms with van der Waals surface area (Å²) in [6, 6.07) is 14.5. The average Bonchev–Trinajstić information content (AvgIpc) is 2.91. The molecule has 22 heavy (non-hydrogen) atoms.